The SMILES string of the molecule is CCCCCOC(OCCOCC)C(=O)O. The second-order valence-electron chi connectivity index (χ2n) is 3.32. The summed E-state index contributed by atoms with van der Waals surface area (Å²) < 4.78 is 15.2. The van der Waals surface area contributed by atoms with Gasteiger partial charge in [-0.3, -0.25) is 0 Å². The maximum Gasteiger partial charge on any atom is 0.361 e. The molecule has 0 spiro atoms. The fraction of sp³-hybridized carbons (Fsp3) is 0.909. The molecule has 0 aliphatic carbocycles. The van der Waals surface area contributed by atoms with Crippen LogP contribution in [0, 0.1) is 0 Å². The van der Waals surface area contributed by atoms with Crippen LogP contribution in [0.5, 0.6) is 0 Å². The minimum absolute atomic E-state index is 0.235. The first-order valence-corrected chi connectivity index (χ1v) is 5.76. The summed E-state index contributed by atoms with van der Waals surface area (Å²) in [5, 5.41) is 8.80. The average Bonchev–Trinajstić information content (AvgIpc) is 2.26. The van der Waals surface area contributed by atoms with Crippen LogP contribution in [0.25, 0.3) is 0 Å². The van der Waals surface area contributed by atoms with Crippen molar-refractivity contribution in [2.24, 2.45) is 0 Å². The van der Waals surface area contributed by atoms with Crippen LogP contribution >= 0.6 is 0 Å². The largest absolute Gasteiger partial charge is 0.477 e. The monoisotopic (exact) mass is 234 g/mol. The van der Waals surface area contributed by atoms with Crippen molar-refractivity contribution in [3.63, 3.8) is 0 Å². The summed E-state index contributed by atoms with van der Waals surface area (Å²) in [5.74, 6) is -1.09. The van der Waals surface area contributed by atoms with E-state index in [1.165, 1.54) is 0 Å². The van der Waals surface area contributed by atoms with Gasteiger partial charge in [-0.15, -0.1) is 0 Å². The Morgan fingerprint density at radius 2 is 1.81 bits per heavy atom. The van der Waals surface area contributed by atoms with Gasteiger partial charge in [0.25, 0.3) is 6.29 Å². The number of ether oxygens (including phenoxy) is 3. The highest BCUT2D eigenvalue weighted by Gasteiger charge is 2.17. The molecule has 16 heavy (non-hydrogen) atoms. The molecule has 0 saturated heterocycles. The molecule has 0 saturated carbocycles. The van der Waals surface area contributed by atoms with Crippen LogP contribution < -0.4 is 0 Å². The molecule has 0 aliphatic heterocycles. The highest BCUT2D eigenvalue weighted by atomic mass is 16.7. The molecule has 0 amide bonds. The summed E-state index contributed by atoms with van der Waals surface area (Å²) in [6, 6.07) is 0. The van der Waals surface area contributed by atoms with Crippen molar-refractivity contribution in [3.8, 4) is 0 Å². The van der Waals surface area contributed by atoms with Gasteiger partial charge in [-0.1, -0.05) is 19.8 Å². The molecule has 96 valence electrons. The number of hydrogen-bond donors (Lipinski definition) is 1. The number of unbranched alkanes of at least 4 members (excludes halogenated alkanes) is 2. The first-order chi connectivity index (χ1) is 7.72. The van der Waals surface area contributed by atoms with E-state index >= 15 is 0 Å². The van der Waals surface area contributed by atoms with Crippen LogP contribution in [0.1, 0.15) is 33.1 Å². The highest BCUT2D eigenvalue weighted by molar-refractivity contribution is 5.70. The summed E-state index contributed by atoms with van der Waals surface area (Å²) in [6.45, 7) is 5.58. The van der Waals surface area contributed by atoms with Gasteiger partial charge in [0.2, 0.25) is 0 Å². The third-order valence-electron chi connectivity index (χ3n) is 1.92. The molecule has 0 aromatic carbocycles. The zero-order valence-electron chi connectivity index (χ0n) is 10.1. The minimum atomic E-state index is -1.17. The highest BCUT2D eigenvalue weighted by Crippen LogP contribution is 2.00. The van der Waals surface area contributed by atoms with Crippen LogP contribution in [0.4, 0.5) is 0 Å². The molecule has 1 atom stereocenters. The summed E-state index contributed by atoms with van der Waals surface area (Å²) in [4.78, 5) is 10.7. The molecule has 5 nitrogen and oxygen atoms in total. The average molecular weight is 234 g/mol. The molecule has 0 rings (SSSR count). The predicted molar refractivity (Wildman–Crippen MR) is 59.3 cm³/mol. The van der Waals surface area contributed by atoms with Crippen molar-refractivity contribution in [2.45, 2.75) is 39.4 Å². The van der Waals surface area contributed by atoms with Crippen molar-refractivity contribution in [1.29, 1.82) is 0 Å². The Hall–Kier alpha value is -0.650. The Balaban J connectivity index is 3.59. The number of rotatable bonds is 11. The Morgan fingerprint density at radius 1 is 1.12 bits per heavy atom. The summed E-state index contributed by atoms with van der Waals surface area (Å²) in [7, 11) is 0. The fourth-order valence-electron chi connectivity index (χ4n) is 1.09. The van der Waals surface area contributed by atoms with E-state index in [0.717, 1.165) is 19.3 Å². The lowest BCUT2D eigenvalue weighted by Gasteiger charge is -2.14. The van der Waals surface area contributed by atoms with Gasteiger partial charge in [0.05, 0.1) is 19.8 Å². The van der Waals surface area contributed by atoms with E-state index in [9.17, 15) is 4.79 Å². The van der Waals surface area contributed by atoms with Crippen molar-refractivity contribution < 1.29 is 24.1 Å². The Labute approximate surface area is 96.7 Å². The first kappa shape index (κ1) is 15.3. The van der Waals surface area contributed by atoms with E-state index in [2.05, 4.69) is 6.92 Å². The lowest BCUT2D eigenvalue weighted by Crippen LogP contribution is -2.29. The maximum atomic E-state index is 10.7. The van der Waals surface area contributed by atoms with Crippen molar-refractivity contribution >= 4 is 5.97 Å². The topological polar surface area (TPSA) is 65.0 Å². The van der Waals surface area contributed by atoms with Crippen molar-refractivity contribution in [3.05, 3.63) is 0 Å². The zero-order valence-corrected chi connectivity index (χ0v) is 10.1. The number of carboxylic acid groups (broad SMARTS) is 1. The number of carbonyl (C=O) groups is 1. The van der Waals surface area contributed by atoms with E-state index < -0.39 is 12.3 Å². The molecule has 1 N–H and O–H groups in total. The van der Waals surface area contributed by atoms with Gasteiger partial charge < -0.3 is 19.3 Å². The molecule has 0 aromatic rings. The minimum Gasteiger partial charge on any atom is -0.477 e. The van der Waals surface area contributed by atoms with Gasteiger partial charge >= 0.3 is 5.97 Å². The normalized spacial score (nSPS) is 12.6. The lowest BCUT2D eigenvalue weighted by molar-refractivity contribution is -0.192. The van der Waals surface area contributed by atoms with Gasteiger partial charge in [-0.05, 0) is 13.3 Å². The second kappa shape index (κ2) is 10.9. The van der Waals surface area contributed by atoms with Crippen LogP contribution in [0.2, 0.25) is 0 Å². The molecular weight excluding hydrogens is 212 g/mol. The fourth-order valence-corrected chi connectivity index (χ4v) is 1.09. The van der Waals surface area contributed by atoms with Crippen LogP contribution in [0.3, 0.4) is 0 Å². The summed E-state index contributed by atoms with van der Waals surface area (Å²) in [6.07, 6.45) is 1.80. The van der Waals surface area contributed by atoms with Gasteiger partial charge in [-0.25, -0.2) is 4.79 Å². The molecule has 0 radical (unpaired) electrons. The van der Waals surface area contributed by atoms with Gasteiger partial charge in [-0.2, -0.15) is 0 Å². The lowest BCUT2D eigenvalue weighted by atomic mass is 10.3. The van der Waals surface area contributed by atoms with E-state index in [4.69, 9.17) is 19.3 Å². The molecule has 0 fully saturated rings. The molecule has 0 aliphatic rings. The molecule has 0 bridgehead atoms. The maximum absolute atomic E-state index is 10.7. The molecule has 0 aromatic heterocycles. The number of carboxylic acids is 1. The Bertz CT molecular complexity index is 160. The second-order valence-corrected chi connectivity index (χ2v) is 3.32. The van der Waals surface area contributed by atoms with Gasteiger partial charge in [0.15, 0.2) is 0 Å². The van der Waals surface area contributed by atoms with Crippen molar-refractivity contribution in [1.82, 2.24) is 0 Å². The van der Waals surface area contributed by atoms with Crippen LogP contribution in [-0.2, 0) is 19.0 Å². The van der Waals surface area contributed by atoms with E-state index in [0.29, 0.717) is 19.8 Å². The number of hydrogen-bond acceptors (Lipinski definition) is 4. The van der Waals surface area contributed by atoms with E-state index in [1.807, 2.05) is 6.92 Å². The smallest absolute Gasteiger partial charge is 0.361 e. The summed E-state index contributed by atoms with van der Waals surface area (Å²) in [5.41, 5.74) is 0. The van der Waals surface area contributed by atoms with E-state index in [-0.39, 0.29) is 6.61 Å². The van der Waals surface area contributed by atoms with Crippen LogP contribution in [0.15, 0.2) is 0 Å². The number of aliphatic carboxylic acids is 1. The third kappa shape index (κ3) is 8.64. The Kier molecular flexibility index (Phi) is 10.4. The van der Waals surface area contributed by atoms with Crippen LogP contribution in [-0.4, -0.2) is 43.8 Å². The van der Waals surface area contributed by atoms with Crippen molar-refractivity contribution in [2.75, 3.05) is 26.4 Å². The summed E-state index contributed by atoms with van der Waals surface area (Å²) >= 11 is 0. The van der Waals surface area contributed by atoms with Gasteiger partial charge in [0.1, 0.15) is 0 Å². The predicted octanol–water partition coefficient (Wildman–Crippen LogP) is 1.66. The molecule has 5 heteroatoms. The third-order valence-corrected chi connectivity index (χ3v) is 1.92. The first-order valence-electron chi connectivity index (χ1n) is 5.76. The zero-order chi connectivity index (χ0) is 12.2. The Morgan fingerprint density at radius 3 is 2.38 bits per heavy atom. The van der Waals surface area contributed by atoms with Gasteiger partial charge in [0, 0.05) is 6.61 Å². The molecular formula is C11H22O5. The van der Waals surface area contributed by atoms with E-state index in [1.54, 1.807) is 0 Å². The quantitative estimate of drug-likeness (QED) is 0.435. The molecule has 0 heterocycles. The standard InChI is InChI=1S/C11H22O5/c1-3-5-6-7-15-11(10(12)13)16-9-8-14-4-2/h11H,3-9H2,1-2H3,(H,12,13). The molecule has 1 unspecified atom stereocenters.